The number of aryl methyl sites for hydroxylation is 1. The lowest BCUT2D eigenvalue weighted by molar-refractivity contribution is 0.192. The first-order chi connectivity index (χ1) is 12.8. The van der Waals surface area contributed by atoms with Crippen molar-refractivity contribution in [3.05, 3.63) is 23.8 Å². The lowest BCUT2D eigenvalue weighted by Gasteiger charge is -2.31. The molecule has 1 aliphatic rings. The van der Waals surface area contributed by atoms with Gasteiger partial charge in [-0.25, -0.2) is 0 Å². The predicted molar refractivity (Wildman–Crippen MR) is 109 cm³/mol. The van der Waals surface area contributed by atoms with Crippen LogP contribution in [0, 0.1) is 0 Å². The van der Waals surface area contributed by atoms with Gasteiger partial charge >= 0.3 is 0 Å². The molecule has 1 aromatic heterocycles. The molecule has 1 saturated heterocycles. The second-order valence-electron chi connectivity index (χ2n) is 6.69. The number of nitrogens with two attached hydrogens (primary N) is 1. The molecule has 0 spiro atoms. The molecular formula is C19H29N5OS. The van der Waals surface area contributed by atoms with E-state index in [2.05, 4.69) is 38.6 Å². The number of unbranched alkanes of at least 4 members (excludes halogenated alkanes) is 3. The van der Waals surface area contributed by atoms with Gasteiger partial charge in [-0.2, -0.15) is 0 Å². The van der Waals surface area contributed by atoms with Gasteiger partial charge in [0.25, 0.3) is 0 Å². The zero-order valence-electron chi connectivity index (χ0n) is 15.5. The van der Waals surface area contributed by atoms with Crippen LogP contribution in [-0.2, 0) is 11.2 Å². The molecule has 3 N–H and O–H groups in total. The maximum Gasteiger partial charge on any atom is 0.203 e. The van der Waals surface area contributed by atoms with Gasteiger partial charge < -0.3 is 20.7 Å². The minimum atomic E-state index is 0.520. The van der Waals surface area contributed by atoms with Crippen LogP contribution < -0.4 is 16.0 Å². The average Bonchev–Trinajstić information content (AvgIpc) is 3.11. The van der Waals surface area contributed by atoms with E-state index in [0.29, 0.717) is 5.13 Å². The molecule has 0 saturated carbocycles. The van der Waals surface area contributed by atoms with Gasteiger partial charge in [0, 0.05) is 51.1 Å². The van der Waals surface area contributed by atoms with Crippen LogP contribution in [0.25, 0.3) is 10.6 Å². The van der Waals surface area contributed by atoms with Crippen molar-refractivity contribution in [2.75, 3.05) is 50.5 Å². The van der Waals surface area contributed by atoms with E-state index < -0.39 is 0 Å². The third-order valence-corrected chi connectivity index (χ3v) is 5.54. The number of nitrogens with one attached hydrogen (secondary N) is 1. The Morgan fingerprint density at radius 3 is 2.69 bits per heavy atom. The SMILES string of the molecule is COCCCCCCc1ccc(-c2nnc(N)s2)c(N2CCNCC2)c1. The third-order valence-electron chi connectivity index (χ3n) is 4.75. The van der Waals surface area contributed by atoms with Crippen molar-refractivity contribution in [1.82, 2.24) is 15.5 Å². The van der Waals surface area contributed by atoms with Gasteiger partial charge in [0.1, 0.15) is 0 Å². The number of rotatable bonds is 9. The molecule has 1 aliphatic heterocycles. The minimum absolute atomic E-state index is 0.520. The first kappa shape index (κ1) is 19.1. The van der Waals surface area contributed by atoms with Crippen LogP contribution in [0.4, 0.5) is 10.8 Å². The second-order valence-corrected chi connectivity index (χ2v) is 7.70. The molecule has 0 radical (unpaired) electrons. The van der Waals surface area contributed by atoms with Gasteiger partial charge in [-0.05, 0) is 37.0 Å². The Morgan fingerprint density at radius 1 is 1.15 bits per heavy atom. The molecule has 26 heavy (non-hydrogen) atoms. The van der Waals surface area contributed by atoms with Gasteiger partial charge in [-0.15, -0.1) is 10.2 Å². The highest BCUT2D eigenvalue weighted by Gasteiger charge is 2.18. The standard InChI is InChI=1S/C19H29N5OS/c1-25-13-5-3-2-4-6-15-7-8-16(18-22-23-19(20)26-18)17(14-15)24-11-9-21-10-12-24/h7-8,14,21H,2-6,9-13H2,1H3,(H2,20,23). The predicted octanol–water partition coefficient (Wildman–Crippen LogP) is 2.95. The number of methoxy groups -OCH3 is 1. The van der Waals surface area contributed by atoms with Crippen LogP contribution in [0.3, 0.4) is 0 Å². The summed E-state index contributed by atoms with van der Waals surface area (Å²) in [6.45, 7) is 4.93. The van der Waals surface area contributed by atoms with E-state index in [4.69, 9.17) is 10.5 Å². The zero-order valence-corrected chi connectivity index (χ0v) is 16.4. The van der Waals surface area contributed by atoms with Crippen molar-refractivity contribution >= 4 is 22.2 Å². The summed E-state index contributed by atoms with van der Waals surface area (Å²) in [6.07, 6.45) is 5.97. The van der Waals surface area contributed by atoms with E-state index >= 15 is 0 Å². The summed E-state index contributed by atoms with van der Waals surface area (Å²) < 4.78 is 5.12. The lowest BCUT2D eigenvalue weighted by atomic mass is 10.0. The molecule has 0 amide bonds. The second kappa shape index (κ2) is 9.85. The Kier molecular flexibility index (Phi) is 7.22. The topological polar surface area (TPSA) is 76.3 Å². The maximum atomic E-state index is 5.80. The Labute approximate surface area is 159 Å². The number of hydrogen-bond acceptors (Lipinski definition) is 7. The van der Waals surface area contributed by atoms with Crippen LogP contribution >= 0.6 is 11.3 Å². The van der Waals surface area contributed by atoms with Gasteiger partial charge in [-0.3, -0.25) is 0 Å². The highest BCUT2D eigenvalue weighted by atomic mass is 32.1. The monoisotopic (exact) mass is 375 g/mol. The first-order valence-electron chi connectivity index (χ1n) is 9.45. The Bertz CT molecular complexity index is 684. The maximum absolute atomic E-state index is 5.80. The van der Waals surface area contributed by atoms with Gasteiger partial charge in [0.05, 0.1) is 0 Å². The quantitative estimate of drug-likeness (QED) is 0.656. The first-order valence-corrected chi connectivity index (χ1v) is 10.3. The summed E-state index contributed by atoms with van der Waals surface area (Å²) >= 11 is 1.46. The fraction of sp³-hybridized carbons (Fsp3) is 0.579. The lowest BCUT2D eigenvalue weighted by Crippen LogP contribution is -2.43. The van der Waals surface area contributed by atoms with Crippen molar-refractivity contribution in [2.45, 2.75) is 32.1 Å². The van der Waals surface area contributed by atoms with E-state index in [-0.39, 0.29) is 0 Å². The highest BCUT2D eigenvalue weighted by Crippen LogP contribution is 2.35. The summed E-state index contributed by atoms with van der Waals surface area (Å²) in [5, 5.41) is 13.1. The molecule has 7 heteroatoms. The summed E-state index contributed by atoms with van der Waals surface area (Å²) in [7, 11) is 1.77. The Balaban J connectivity index is 1.71. The molecule has 0 unspecified atom stereocenters. The number of piperazine rings is 1. The van der Waals surface area contributed by atoms with E-state index in [9.17, 15) is 0 Å². The number of anilines is 2. The van der Waals surface area contributed by atoms with Crippen LogP contribution in [0.5, 0.6) is 0 Å². The van der Waals surface area contributed by atoms with Gasteiger partial charge in [0.2, 0.25) is 5.13 Å². The van der Waals surface area contributed by atoms with Gasteiger partial charge in [0.15, 0.2) is 5.01 Å². The number of benzene rings is 1. The molecule has 1 fully saturated rings. The van der Waals surface area contributed by atoms with Crippen LogP contribution in [0.15, 0.2) is 18.2 Å². The summed E-state index contributed by atoms with van der Waals surface area (Å²) in [5.41, 5.74) is 9.60. The van der Waals surface area contributed by atoms with Crippen molar-refractivity contribution in [2.24, 2.45) is 0 Å². The van der Waals surface area contributed by atoms with Gasteiger partial charge in [-0.1, -0.05) is 30.2 Å². The van der Waals surface area contributed by atoms with Crippen molar-refractivity contribution in [3.63, 3.8) is 0 Å². The summed E-state index contributed by atoms with van der Waals surface area (Å²) in [6, 6.07) is 6.76. The highest BCUT2D eigenvalue weighted by molar-refractivity contribution is 7.18. The molecular weight excluding hydrogens is 346 g/mol. The molecule has 0 atom stereocenters. The number of aromatic nitrogens is 2. The van der Waals surface area contributed by atoms with E-state index in [1.165, 1.54) is 41.9 Å². The van der Waals surface area contributed by atoms with Crippen LogP contribution in [0.2, 0.25) is 0 Å². The molecule has 0 bridgehead atoms. The number of nitrogens with zero attached hydrogens (tertiary/aromatic N) is 3. The molecule has 2 heterocycles. The fourth-order valence-corrected chi connectivity index (χ4v) is 4.00. The zero-order chi connectivity index (χ0) is 18.2. The Morgan fingerprint density at radius 2 is 1.96 bits per heavy atom. The molecule has 0 aliphatic carbocycles. The molecule has 2 aromatic rings. The number of hydrogen-bond donors (Lipinski definition) is 2. The van der Waals surface area contributed by atoms with Crippen molar-refractivity contribution in [3.8, 4) is 10.6 Å². The van der Waals surface area contributed by atoms with Crippen molar-refractivity contribution in [1.29, 1.82) is 0 Å². The normalized spacial score (nSPS) is 14.7. The largest absolute Gasteiger partial charge is 0.385 e. The van der Waals surface area contributed by atoms with Crippen LogP contribution in [-0.4, -0.2) is 50.1 Å². The molecule has 1 aromatic carbocycles. The summed E-state index contributed by atoms with van der Waals surface area (Å²) in [5.74, 6) is 0. The van der Waals surface area contributed by atoms with E-state index in [0.717, 1.165) is 56.2 Å². The molecule has 3 rings (SSSR count). The number of ether oxygens (including phenoxy) is 1. The van der Waals surface area contributed by atoms with Crippen LogP contribution in [0.1, 0.15) is 31.2 Å². The van der Waals surface area contributed by atoms with E-state index in [1.54, 1.807) is 7.11 Å². The molecule has 6 nitrogen and oxygen atoms in total. The summed E-state index contributed by atoms with van der Waals surface area (Å²) in [4.78, 5) is 2.45. The van der Waals surface area contributed by atoms with E-state index in [1.807, 2.05) is 0 Å². The average molecular weight is 376 g/mol. The molecule has 142 valence electrons. The smallest absolute Gasteiger partial charge is 0.203 e. The fourth-order valence-electron chi connectivity index (χ4n) is 3.35. The number of nitrogen functional groups attached to an aromatic ring is 1. The van der Waals surface area contributed by atoms with Crippen molar-refractivity contribution < 1.29 is 4.74 Å². The minimum Gasteiger partial charge on any atom is -0.385 e. The third kappa shape index (κ3) is 5.16. The Hall–Kier alpha value is -1.70.